The fourth-order valence-electron chi connectivity index (χ4n) is 2.78. The molecule has 0 radical (unpaired) electrons. The fourth-order valence-corrected chi connectivity index (χ4v) is 9.36. The van der Waals surface area contributed by atoms with Crippen molar-refractivity contribution in [2.24, 2.45) is 0 Å². The molecule has 0 atom stereocenters. The van der Waals surface area contributed by atoms with Gasteiger partial charge < -0.3 is 15.4 Å². The van der Waals surface area contributed by atoms with Crippen LogP contribution in [-0.2, 0) is 0 Å². The van der Waals surface area contributed by atoms with E-state index in [0.717, 1.165) is 0 Å². The van der Waals surface area contributed by atoms with Gasteiger partial charge in [-0.25, -0.2) is 0 Å². The normalized spacial score (nSPS) is 11.3. The molecule has 4 heteroatoms. The molecular formula is C27H33N2OSb-2. The first kappa shape index (κ1) is 25.0. The molecule has 0 bridgehead atoms. The summed E-state index contributed by atoms with van der Waals surface area (Å²) in [7, 11) is 0. The summed E-state index contributed by atoms with van der Waals surface area (Å²) >= 11 is -1.83. The Bertz CT molecular complexity index is 802. The summed E-state index contributed by atoms with van der Waals surface area (Å²) in [6, 6.07) is 32.5. The standard InChI is InChI=1S/C9H19N2O.3C6H5.Sb/c1-8(2,3)10-7(12)11-9(4,5)6;3*1-2-4-6-5-3-1;/h1-6H3,(H-,10,11,12);3*1-5H;/q-1;;;;/p-1. The van der Waals surface area contributed by atoms with E-state index in [0.29, 0.717) is 0 Å². The third-order valence-electron chi connectivity index (χ3n) is 3.91. The van der Waals surface area contributed by atoms with E-state index in [-0.39, 0.29) is 17.1 Å². The number of benzene rings is 3. The topological polar surface area (TPSA) is 45.3 Å². The van der Waals surface area contributed by atoms with Crippen LogP contribution in [-0.4, -0.2) is 37.3 Å². The van der Waals surface area contributed by atoms with Crippen molar-refractivity contribution in [3.05, 3.63) is 102 Å². The Kier molecular flexibility index (Phi) is 9.19. The van der Waals surface area contributed by atoms with Crippen molar-refractivity contribution in [3.63, 3.8) is 0 Å². The molecule has 3 nitrogen and oxygen atoms in total. The number of urea groups is 1. The van der Waals surface area contributed by atoms with Gasteiger partial charge in [-0.2, -0.15) is 0 Å². The summed E-state index contributed by atoms with van der Waals surface area (Å²) in [5, 5.41) is 7.78. The zero-order valence-electron chi connectivity index (χ0n) is 19.4. The van der Waals surface area contributed by atoms with Gasteiger partial charge in [-0.05, 0) is 6.03 Å². The Morgan fingerprint density at radius 1 is 0.548 bits per heavy atom. The second kappa shape index (κ2) is 11.4. The predicted octanol–water partition coefficient (Wildman–Crippen LogP) is 5.65. The SMILES string of the molecule is CC(C)(C)[N-]C(=O)[N-]C(C)(C)C.c1cc[c]([Sb]([c]2ccccc2)[c]2ccccc2)cc1. The van der Waals surface area contributed by atoms with E-state index in [9.17, 15) is 4.79 Å². The molecule has 2 amide bonds. The van der Waals surface area contributed by atoms with E-state index in [2.05, 4.69) is 102 Å². The van der Waals surface area contributed by atoms with Crippen molar-refractivity contribution < 1.29 is 4.79 Å². The summed E-state index contributed by atoms with van der Waals surface area (Å²) in [5.41, 5.74) is -0.655. The Morgan fingerprint density at radius 3 is 1.03 bits per heavy atom. The minimum absolute atomic E-state index is 0.328. The van der Waals surface area contributed by atoms with Gasteiger partial charge in [-0.15, -0.1) is 11.1 Å². The third kappa shape index (κ3) is 9.61. The van der Waals surface area contributed by atoms with Gasteiger partial charge in [0, 0.05) is 0 Å². The summed E-state index contributed by atoms with van der Waals surface area (Å²) in [4.78, 5) is 11.1. The van der Waals surface area contributed by atoms with Crippen LogP contribution in [0, 0.1) is 0 Å². The van der Waals surface area contributed by atoms with Crippen LogP contribution in [0.5, 0.6) is 0 Å². The van der Waals surface area contributed by atoms with Crippen LogP contribution in [0.4, 0.5) is 4.79 Å². The number of carbonyl (C=O) groups is 1. The fraction of sp³-hybridized carbons (Fsp3) is 0.296. The second-order valence-electron chi connectivity index (χ2n) is 9.19. The average Bonchev–Trinajstić information content (AvgIpc) is 2.68. The Labute approximate surface area is 195 Å². The maximum absolute atomic E-state index is 11.1. The number of hydrogen-bond acceptors (Lipinski definition) is 1. The first-order valence-electron chi connectivity index (χ1n) is 10.5. The monoisotopic (exact) mass is 522 g/mol. The van der Waals surface area contributed by atoms with E-state index in [1.54, 1.807) is 0 Å². The van der Waals surface area contributed by atoms with Crippen molar-refractivity contribution >= 4 is 36.8 Å². The number of amides is 2. The van der Waals surface area contributed by atoms with Crippen LogP contribution in [0.15, 0.2) is 91.0 Å². The van der Waals surface area contributed by atoms with Gasteiger partial charge in [-0.3, -0.25) is 0 Å². The van der Waals surface area contributed by atoms with Gasteiger partial charge in [0.1, 0.15) is 0 Å². The van der Waals surface area contributed by atoms with E-state index in [4.69, 9.17) is 0 Å². The summed E-state index contributed by atoms with van der Waals surface area (Å²) in [5.74, 6) is 0. The van der Waals surface area contributed by atoms with Gasteiger partial charge >= 0.3 is 122 Å². The quantitative estimate of drug-likeness (QED) is 0.409. The first-order valence-corrected chi connectivity index (χ1v) is 14.3. The molecule has 0 saturated heterocycles. The predicted molar refractivity (Wildman–Crippen MR) is 136 cm³/mol. The number of rotatable bonds is 3. The number of nitrogens with zero attached hydrogens (tertiary/aromatic N) is 2. The second-order valence-corrected chi connectivity index (χ2v) is 15.5. The maximum atomic E-state index is 11.1. The van der Waals surface area contributed by atoms with Crippen molar-refractivity contribution in [3.8, 4) is 0 Å². The zero-order valence-corrected chi connectivity index (χ0v) is 22.0. The Balaban J connectivity index is 0.000000248. The Hall–Kier alpha value is -2.25. The molecule has 0 N–H and O–H groups in total. The summed E-state index contributed by atoms with van der Waals surface area (Å²) in [6.45, 7) is 11.3. The van der Waals surface area contributed by atoms with Gasteiger partial charge in [0.15, 0.2) is 0 Å². The van der Waals surface area contributed by atoms with Crippen molar-refractivity contribution in [1.29, 1.82) is 0 Å². The van der Waals surface area contributed by atoms with Gasteiger partial charge in [0.05, 0.1) is 0 Å². The van der Waals surface area contributed by atoms with E-state index in [1.807, 2.05) is 41.5 Å². The summed E-state index contributed by atoms with van der Waals surface area (Å²) < 4.78 is 4.55. The number of carbonyl (C=O) groups excluding carboxylic acids is 1. The first-order chi connectivity index (χ1) is 14.6. The molecule has 0 aromatic heterocycles. The average molecular weight is 523 g/mol. The molecule has 0 aliphatic heterocycles. The van der Waals surface area contributed by atoms with Crippen LogP contribution in [0.3, 0.4) is 0 Å². The molecule has 31 heavy (non-hydrogen) atoms. The molecule has 0 fully saturated rings. The Morgan fingerprint density at radius 2 is 0.806 bits per heavy atom. The molecule has 3 rings (SSSR count). The van der Waals surface area contributed by atoms with E-state index >= 15 is 0 Å². The van der Waals surface area contributed by atoms with E-state index in [1.165, 1.54) is 10.5 Å². The van der Waals surface area contributed by atoms with Crippen LogP contribution in [0.25, 0.3) is 10.6 Å². The zero-order chi connectivity index (χ0) is 22.9. The molecule has 3 aromatic rings. The van der Waals surface area contributed by atoms with Gasteiger partial charge in [0.2, 0.25) is 0 Å². The van der Waals surface area contributed by atoms with Crippen molar-refractivity contribution in [2.75, 3.05) is 0 Å². The summed E-state index contributed by atoms with van der Waals surface area (Å²) in [6.07, 6.45) is 0. The van der Waals surface area contributed by atoms with Crippen LogP contribution in [0.1, 0.15) is 41.5 Å². The van der Waals surface area contributed by atoms with Gasteiger partial charge in [-0.1, -0.05) is 41.5 Å². The molecule has 0 unspecified atom stereocenters. The molecule has 0 aliphatic carbocycles. The van der Waals surface area contributed by atoms with Crippen molar-refractivity contribution in [1.82, 2.24) is 0 Å². The van der Waals surface area contributed by atoms with Crippen molar-refractivity contribution in [2.45, 2.75) is 52.6 Å². The molecule has 0 saturated carbocycles. The molecule has 0 spiro atoms. The molecule has 164 valence electrons. The molecule has 3 aromatic carbocycles. The third-order valence-corrected chi connectivity index (χ3v) is 10.9. The molecule has 0 aliphatic rings. The molecule has 0 heterocycles. The molecular weight excluding hydrogens is 490 g/mol. The van der Waals surface area contributed by atoms with Gasteiger partial charge in [0.25, 0.3) is 0 Å². The van der Waals surface area contributed by atoms with E-state index < -0.39 is 20.2 Å². The van der Waals surface area contributed by atoms with Crippen LogP contribution >= 0.6 is 0 Å². The van der Waals surface area contributed by atoms with Crippen LogP contribution < -0.4 is 10.5 Å². The number of hydrogen-bond donors (Lipinski definition) is 0. The minimum atomic E-state index is -1.83. The van der Waals surface area contributed by atoms with Crippen LogP contribution in [0.2, 0.25) is 0 Å².